The van der Waals surface area contributed by atoms with E-state index in [1.54, 1.807) is 0 Å². The molecule has 1 atom stereocenters. The van der Waals surface area contributed by atoms with Crippen molar-refractivity contribution in [3.05, 3.63) is 0 Å². The monoisotopic (exact) mass is 146 g/mol. The molecule has 2 radical (unpaired) electrons. The Morgan fingerprint density at radius 1 is 1.60 bits per heavy atom. The van der Waals surface area contributed by atoms with Crippen LogP contribution < -0.4 is 5.73 Å². The first kappa shape index (κ1) is 7.95. The van der Waals surface area contributed by atoms with Gasteiger partial charge in [0.15, 0.2) is 7.98 Å². The Morgan fingerprint density at radius 2 is 2.20 bits per heavy atom. The number of piperidine rings is 1. The van der Waals surface area contributed by atoms with Gasteiger partial charge in [0.2, 0.25) is 0 Å². The third kappa shape index (κ3) is 1.46. The molecule has 0 bridgehead atoms. The molecule has 10 heavy (non-hydrogen) atoms. The molecule has 1 saturated heterocycles. The lowest BCUT2D eigenvalue weighted by Crippen LogP contribution is -2.54. The number of rotatable bonds is 0. The molecule has 0 amide bonds. The van der Waals surface area contributed by atoms with Crippen molar-refractivity contribution in [2.24, 2.45) is 5.73 Å². The Balaban J connectivity index is 2.55. The molecular formula is C5H9BF2N2. The van der Waals surface area contributed by atoms with E-state index in [-0.39, 0.29) is 6.42 Å². The summed E-state index contributed by atoms with van der Waals surface area (Å²) in [5, 5.41) is 0. The van der Waals surface area contributed by atoms with Crippen molar-refractivity contribution in [2.45, 2.75) is 18.4 Å². The Hall–Kier alpha value is -0.155. The molecule has 0 spiro atoms. The predicted octanol–water partition coefficient (Wildman–Crippen LogP) is -0.262. The maximum absolute atomic E-state index is 12.6. The van der Waals surface area contributed by atoms with Crippen molar-refractivity contribution < 1.29 is 8.78 Å². The normalized spacial score (nSPS) is 34.1. The minimum absolute atomic E-state index is 0.267. The third-order valence-corrected chi connectivity index (χ3v) is 1.68. The minimum Gasteiger partial charge on any atom is -0.348 e. The highest BCUT2D eigenvalue weighted by Gasteiger charge is 2.40. The minimum atomic E-state index is -2.81. The van der Waals surface area contributed by atoms with Crippen LogP contribution in [0.4, 0.5) is 8.78 Å². The van der Waals surface area contributed by atoms with Crippen LogP contribution in [0, 0.1) is 0 Å². The van der Waals surface area contributed by atoms with Gasteiger partial charge in [0, 0.05) is 0 Å². The molecule has 2 N–H and O–H groups in total. The Labute approximate surface area is 59.8 Å². The lowest BCUT2D eigenvalue weighted by Gasteiger charge is -2.34. The van der Waals surface area contributed by atoms with Crippen LogP contribution in [0.5, 0.6) is 0 Å². The largest absolute Gasteiger partial charge is 0.348 e. The van der Waals surface area contributed by atoms with Crippen LogP contribution >= 0.6 is 0 Å². The molecule has 0 aromatic heterocycles. The summed E-state index contributed by atoms with van der Waals surface area (Å²) in [6, 6.07) is -1.02. The van der Waals surface area contributed by atoms with Crippen LogP contribution in [0.25, 0.3) is 0 Å². The van der Waals surface area contributed by atoms with Crippen molar-refractivity contribution in [1.82, 2.24) is 4.81 Å². The fourth-order valence-corrected chi connectivity index (χ4v) is 0.983. The van der Waals surface area contributed by atoms with Gasteiger partial charge in [0.05, 0.1) is 12.6 Å². The SMILES string of the molecule is [B]N1CCC(N)C(F)(F)C1. The maximum Gasteiger partial charge on any atom is 0.274 e. The lowest BCUT2D eigenvalue weighted by molar-refractivity contribution is -0.0603. The maximum atomic E-state index is 12.6. The van der Waals surface area contributed by atoms with Gasteiger partial charge in [-0.25, -0.2) is 8.78 Å². The van der Waals surface area contributed by atoms with E-state index in [0.29, 0.717) is 6.54 Å². The molecular weight excluding hydrogens is 137 g/mol. The first-order valence-corrected chi connectivity index (χ1v) is 3.15. The molecule has 1 unspecified atom stereocenters. The third-order valence-electron chi connectivity index (χ3n) is 1.68. The van der Waals surface area contributed by atoms with E-state index in [4.69, 9.17) is 13.7 Å². The van der Waals surface area contributed by atoms with Crippen molar-refractivity contribution >= 4 is 7.98 Å². The number of nitrogens with zero attached hydrogens (tertiary/aromatic N) is 1. The van der Waals surface area contributed by atoms with Gasteiger partial charge in [0.1, 0.15) is 0 Å². The summed E-state index contributed by atoms with van der Waals surface area (Å²) >= 11 is 0. The van der Waals surface area contributed by atoms with E-state index in [9.17, 15) is 8.78 Å². The zero-order valence-electron chi connectivity index (χ0n) is 5.56. The van der Waals surface area contributed by atoms with E-state index in [1.165, 1.54) is 0 Å². The smallest absolute Gasteiger partial charge is 0.274 e. The van der Waals surface area contributed by atoms with Crippen molar-refractivity contribution in [3.63, 3.8) is 0 Å². The highest BCUT2D eigenvalue weighted by atomic mass is 19.3. The fourth-order valence-electron chi connectivity index (χ4n) is 0.983. The lowest BCUT2D eigenvalue weighted by atomic mass is 9.99. The summed E-state index contributed by atoms with van der Waals surface area (Å²) < 4.78 is 25.2. The van der Waals surface area contributed by atoms with Gasteiger partial charge in [0.25, 0.3) is 5.92 Å². The summed E-state index contributed by atoms with van der Waals surface area (Å²) in [7, 11) is 5.17. The number of halogens is 2. The second-order valence-electron chi connectivity index (χ2n) is 2.63. The average Bonchev–Trinajstić information content (AvgIpc) is 1.78. The summed E-state index contributed by atoms with van der Waals surface area (Å²) in [6.07, 6.45) is 0.267. The van der Waals surface area contributed by atoms with E-state index >= 15 is 0 Å². The Kier molecular flexibility index (Phi) is 1.96. The standard InChI is InChI=1S/C5H9BF2N2/c6-10-2-1-4(9)5(7,8)3-10/h4H,1-3,9H2. The summed E-state index contributed by atoms with van der Waals surface area (Å²) in [4.78, 5) is 1.10. The quantitative estimate of drug-likeness (QED) is 0.477. The number of hydrogen-bond donors (Lipinski definition) is 1. The molecule has 0 aromatic rings. The first-order chi connectivity index (χ1) is 4.52. The van der Waals surface area contributed by atoms with Gasteiger partial charge in [-0.15, -0.1) is 0 Å². The van der Waals surface area contributed by atoms with Crippen LogP contribution in [-0.2, 0) is 0 Å². The topological polar surface area (TPSA) is 29.3 Å². The average molecular weight is 146 g/mol. The molecule has 1 aliphatic heterocycles. The van der Waals surface area contributed by atoms with Crippen LogP contribution in [0.2, 0.25) is 0 Å². The van der Waals surface area contributed by atoms with Crippen LogP contribution in [0.3, 0.4) is 0 Å². The van der Waals surface area contributed by atoms with Gasteiger partial charge in [-0.05, 0) is 13.0 Å². The first-order valence-electron chi connectivity index (χ1n) is 3.15. The molecule has 2 nitrogen and oxygen atoms in total. The second kappa shape index (κ2) is 2.47. The summed E-state index contributed by atoms with van der Waals surface area (Å²) in [5.74, 6) is -2.81. The zero-order chi connectivity index (χ0) is 7.78. The van der Waals surface area contributed by atoms with E-state index in [2.05, 4.69) is 0 Å². The van der Waals surface area contributed by atoms with E-state index in [1.807, 2.05) is 0 Å². The molecule has 0 aromatic carbocycles. The second-order valence-corrected chi connectivity index (χ2v) is 2.63. The summed E-state index contributed by atoms with van der Waals surface area (Å²) in [6.45, 7) is 0.0327. The molecule has 1 fully saturated rings. The van der Waals surface area contributed by atoms with Gasteiger partial charge in [-0.3, -0.25) is 0 Å². The Bertz CT molecular complexity index is 131. The summed E-state index contributed by atoms with van der Waals surface area (Å²) in [5.41, 5.74) is 5.14. The number of hydrogen-bond acceptors (Lipinski definition) is 2. The molecule has 0 aliphatic carbocycles. The van der Waals surface area contributed by atoms with Gasteiger partial charge < -0.3 is 10.5 Å². The highest BCUT2D eigenvalue weighted by molar-refractivity contribution is 6.04. The van der Waals surface area contributed by atoms with Gasteiger partial charge >= 0.3 is 0 Å². The van der Waals surface area contributed by atoms with Crippen molar-refractivity contribution in [2.75, 3.05) is 13.1 Å². The molecule has 5 heteroatoms. The van der Waals surface area contributed by atoms with Crippen molar-refractivity contribution in [3.8, 4) is 0 Å². The number of nitrogens with two attached hydrogens (primary N) is 1. The van der Waals surface area contributed by atoms with Gasteiger partial charge in [-0.1, -0.05) is 0 Å². The molecule has 0 saturated carbocycles. The van der Waals surface area contributed by atoms with Gasteiger partial charge in [-0.2, -0.15) is 0 Å². The molecule has 1 heterocycles. The predicted molar refractivity (Wildman–Crippen MR) is 34.9 cm³/mol. The molecule has 56 valence electrons. The highest BCUT2D eigenvalue weighted by Crippen LogP contribution is 2.24. The zero-order valence-corrected chi connectivity index (χ0v) is 5.56. The molecule has 1 rings (SSSR count). The van der Waals surface area contributed by atoms with Crippen LogP contribution in [0.15, 0.2) is 0 Å². The fraction of sp³-hybridized carbons (Fsp3) is 1.00. The van der Waals surface area contributed by atoms with Crippen molar-refractivity contribution in [1.29, 1.82) is 0 Å². The number of alkyl halides is 2. The van der Waals surface area contributed by atoms with E-state index < -0.39 is 18.5 Å². The Morgan fingerprint density at radius 3 is 2.60 bits per heavy atom. The van der Waals surface area contributed by atoms with Crippen LogP contribution in [0.1, 0.15) is 6.42 Å². The molecule has 1 aliphatic rings. The van der Waals surface area contributed by atoms with E-state index in [0.717, 1.165) is 4.81 Å². The van der Waals surface area contributed by atoms with Crippen LogP contribution in [-0.4, -0.2) is 37.8 Å².